The number of nitrogens with zero attached hydrogens (tertiary/aromatic N) is 1. The molecular formula is C62H43NO. The lowest BCUT2D eigenvalue weighted by Crippen LogP contribution is -2.28. The van der Waals surface area contributed by atoms with Gasteiger partial charge in [-0.2, -0.15) is 0 Å². The van der Waals surface area contributed by atoms with Crippen LogP contribution in [0.5, 0.6) is 11.5 Å². The molecule has 0 aromatic heterocycles. The first-order chi connectivity index (χ1) is 31.7. The van der Waals surface area contributed by atoms with Gasteiger partial charge in [-0.05, 0) is 109 Å². The van der Waals surface area contributed by atoms with E-state index >= 15 is 0 Å². The molecule has 0 amide bonds. The summed E-state index contributed by atoms with van der Waals surface area (Å²) in [5.74, 6) is 1.87. The van der Waals surface area contributed by atoms with Gasteiger partial charge in [-0.25, -0.2) is 0 Å². The highest BCUT2D eigenvalue weighted by molar-refractivity contribution is 5.98. The van der Waals surface area contributed by atoms with E-state index in [1.54, 1.807) is 0 Å². The number of rotatable bonds is 8. The minimum absolute atomic E-state index is 0.578. The summed E-state index contributed by atoms with van der Waals surface area (Å²) in [5.41, 5.74) is 19.6. The predicted molar refractivity (Wildman–Crippen MR) is 264 cm³/mol. The molecule has 1 aliphatic heterocycles. The highest BCUT2D eigenvalue weighted by Gasteiger charge is 2.47. The summed E-state index contributed by atoms with van der Waals surface area (Å²) >= 11 is 0. The largest absolute Gasteiger partial charge is 0.456 e. The molecule has 0 fully saturated rings. The van der Waals surface area contributed by atoms with Crippen molar-refractivity contribution >= 4 is 17.1 Å². The zero-order valence-corrected chi connectivity index (χ0v) is 35.2. The Balaban J connectivity index is 1.07. The second-order valence-electron chi connectivity index (χ2n) is 16.8. The van der Waals surface area contributed by atoms with Gasteiger partial charge in [0.1, 0.15) is 11.5 Å². The SMILES string of the molecule is c1ccc(-c2ccc(N(c3ccc(-c4cccc5c4Oc4ccccc4C5)cc3)c3cccc4c3-c3ccc(-c5ccccc5)cc3C4(c3ccccc3)c3ccccc3)cc2)cc1. The molecule has 10 aromatic carbocycles. The van der Waals surface area contributed by atoms with Crippen LogP contribution < -0.4 is 9.64 Å². The van der Waals surface area contributed by atoms with Crippen molar-refractivity contribution in [1.29, 1.82) is 0 Å². The summed E-state index contributed by atoms with van der Waals surface area (Å²) in [6.45, 7) is 0. The van der Waals surface area contributed by atoms with Gasteiger partial charge in [-0.15, -0.1) is 0 Å². The Hall–Kier alpha value is -8.20. The van der Waals surface area contributed by atoms with Crippen molar-refractivity contribution in [3.8, 4) is 56.0 Å². The molecule has 0 spiro atoms. The number of benzene rings is 10. The Labute approximate surface area is 375 Å². The average molecular weight is 818 g/mol. The number of anilines is 3. The van der Waals surface area contributed by atoms with Crippen molar-refractivity contribution < 1.29 is 4.74 Å². The molecule has 64 heavy (non-hydrogen) atoms. The van der Waals surface area contributed by atoms with Crippen molar-refractivity contribution in [1.82, 2.24) is 0 Å². The van der Waals surface area contributed by atoms with Crippen LogP contribution in [0, 0.1) is 0 Å². The third-order valence-corrected chi connectivity index (χ3v) is 13.2. The van der Waals surface area contributed by atoms with Gasteiger partial charge in [0.15, 0.2) is 0 Å². The Morgan fingerprint density at radius 2 is 0.875 bits per heavy atom. The Morgan fingerprint density at radius 3 is 1.53 bits per heavy atom. The van der Waals surface area contributed by atoms with Gasteiger partial charge in [0.2, 0.25) is 0 Å². The molecule has 0 saturated carbocycles. The number of fused-ring (bicyclic) bond motifs is 5. The van der Waals surface area contributed by atoms with Gasteiger partial charge in [0.05, 0.1) is 11.1 Å². The van der Waals surface area contributed by atoms with Crippen molar-refractivity contribution in [3.05, 3.63) is 282 Å². The van der Waals surface area contributed by atoms with Crippen LogP contribution in [0.1, 0.15) is 33.4 Å². The molecule has 12 rings (SSSR count). The van der Waals surface area contributed by atoms with Crippen LogP contribution in [-0.4, -0.2) is 0 Å². The normalized spacial score (nSPS) is 12.9. The molecule has 0 radical (unpaired) electrons. The summed E-state index contributed by atoms with van der Waals surface area (Å²) in [7, 11) is 0. The summed E-state index contributed by atoms with van der Waals surface area (Å²) in [6.07, 6.45) is 0.852. The fourth-order valence-corrected chi connectivity index (χ4v) is 10.3. The summed E-state index contributed by atoms with van der Waals surface area (Å²) in [5, 5.41) is 0. The van der Waals surface area contributed by atoms with Gasteiger partial charge in [-0.1, -0.05) is 206 Å². The van der Waals surface area contributed by atoms with Crippen LogP contribution in [0.4, 0.5) is 17.1 Å². The second-order valence-corrected chi connectivity index (χ2v) is 16.8. The summed E-state index contributed by atoms with van der Waals surface area (Å²) in [4.78, 5) is 2.45. The van der Waals surface area contributed by atoms with Crippen molar-refractivity contribution in [3.63, 3.8) is 0 Å². The van der Waals surface area contributed by atoms with E-state index in [-0.39, 0.29) is 0 Å². The zero-order chi connectivity index (χ0) is 42.5. The van der Waals surface area contributed by atoms with E-state index in [0.717, 1.165) is 46.1 Å². The molecule has 1 aliphatic carbocycles. The van der Waals surface area contributed by atoms with Crippen LogP contribution in [-0.2, 0) is 11.8 Å². The quantitative estimate of drug-likeness (QED) is 0.151. The fraction of sp³-hybridized carbons (Fsp3) is 0.0323. The third-order valence-electron chi connectivity index (χ3n) is 13.2. The molecule has 0 N–H and O–H groups in total. The van der Waals surface area contributed by atoms with Gasteiger partial charge in [0.25, 0.3) is 0 Å². The lowest BCUT2D eigenvalue weighted by molar-refractivity contribution is 0.462. The van der Waals surface area contributed by atoms with Crippen molar-refractivity contribution in [2.24, 2.45) is 0 Å². The predicted octanol–water partition coefficient (Wildman–Crippen LogP) is 16.2. The fourth-order valence-electron chi connectivity index (χ4n) is 10.3. The molecule has 2 aliphatic rings. The van der Waals surface area contributed by atoms with E-state index in [2.05, 4.69) is 248 Å². The van der Waals surface area contributed by atoms with Crippen LogP contribution in [0.3, 0.4) is 0 Å². The molecular weight excluding hydrogens is 775 g/mol. The third kappa shape index (κ3) is 6.18. The van der Waals surface area contributed by atoms with Crippen molar-refractivity contribution in [2.75, 3.05) is 4.90 Å². The van der Waals surface area contributed by atoms with E-state index in [4.69, 9.17) is 4.74 Å². The van der Waals surface area contributed by atoms with E-state index in [1.165, 1.54) is 66.8 Å². The smallest absolute Gasteiger partial charge is 0.138 e. The van der Waals surface area contributed by atoms with Gasteiger partial charge in [0, 0.05) is 28.9 Å². The van der Waals surface area contributed by atoms with Gasteiger partial charge >= 0.3 is 0 Å². The Bertz CT molecular complexity index is 3250. The number of hydrogen-bond donors (Lipinski definition) is 0. The number of ether oxygens (including phenoxy) is 1. The number of hydrogen-bond acceptors (Lipinski definition) is 2. The van der Waals surface area contributed by atoms with Crippen LogP contribution in [0.25, 0.3) is 44.5 Å². The first kappa shape index (κ1) is 37.6. The molecule has 2 nitrogen and oxygen atoms in total. The maximum Gasteiger partial charge on any atom is 0.138 e. The van der Waals surface area contributed by atoms with E-state index in [1.807, 2.05) is 6.07 Å². The highest BCUT2D eigenvalue weighted by atomic mass is 16.5. The molecule has 0 saturated heterocycles. The zero-order valence-electron chi connectivity index (χ0n) is 35.2. The van der Waals surface area contributed by atoms with E-state index < -0.39 is 5.41 Å². The minimum Gasteiger partial charge on any atom is -0.456 e. The van der Waals surface area contributed by atoms with Crippen LogP contribution in [0.2, 0.25) is 0 Å². The molecule has 0 unspecified atom stereocenters. The van der Waals surface area contributed by atoms with Crippen molar-refractivity contribution in [2.45, 2.75) is 11.8 Å². The maximum atomic E-state index is 6.63. The Morgan fingerprint density at radius 1 is 0.359 bits per heavy atom. The second kappa shape index (κ2) is 15.6. The maximum absolute atomic E-state index is 6.63. The highest BCUT2D eigenvalue weighted by Crippen LogP contribution is 2.60. The first-order valence-corrected chi connectivity index (χ1v) is 22.1. The topological polar surface area (TPSA) is 12.5 Å². The molecule has 0 atom stereocenters. The van der Waals surface area contributed by atoms with E-state index in [0.29, 0.717) is 0 Å². The van der Waals surface area contributed by atoms with Gasteiger partial charge in [-0.3, -0.25) is 0 Å². The van der Waals surface area contributed by atoms with Crippen LogP contribution in [0.15, 0.2) is 249 Å². The number of para-hydroxylation sites is 2. The molecule has 2 heteroatoms. The molecule has 0 bridgehead atoms. The first-order valence-electron chi connectivity index (χ1n) is 22.1. The molecule has 1 heterocycles. The summed E-state index contributed by atoms with van der Waals surface area (Å²) < 4.78 is 6.63. The monoisotopic (exact) mass is 817 g/mol. The van der Waals surface area contributed by atoms with E-state index in [9.17, 15) is 0 Å². The Kier molecular flexibility index (Phi) is 9.16. The minimum atomic E-state index is -0.578. The lowest BCUT2D eigenvalue weighted by atomic mass is 9.67. The average Bonchev–Trinajstić information content (AvgIpc) is 3.68. The van der Waals surface area contributed by atoms with Gasteiger partial charge < -0.3 is 9.64 Å². The summed E-state index contributed by atoms with van der Waals surface area (Å²) in [6, 6.07) is 90.5. The lowest BCUT2D eigenvalue weighted by Gasteiger charge is -2.34. The van der Waals surface area contributed by atoms with Crippen LogP contribution >= 0.6 is 0 Å². The molecule has 302 valence electrons. The molecule has 10 aromatic rings. The standard InChI is InChI=1S/C62H43NO/c1-5-17-43(18-6-1)45-31-36-52(37-32-45)63(53-38-33-46(34-39-53)54-27-15-22-49-41-48-21-13-14-30-59(48)64-61(49)54)58-29-16-28-56-60(58)55-40-35-47(44-19-7-2-8-20-44)42-57(55)62(56,50-23-9-3-10-24-50)51-25-11-4-12-26-51/h1-40,42H,41H2.